The maximum atomic E-state index is 8.63. The summed E-state index contributed by atoms with van der Waals surface area (Å²) in [7, 11) is 0. The van der Waals surface area contributed by atoms with Gasteiger partial charge in [0.15, 0.2) is 0 Å². The van der Waals surface area contributed by atoms with E-state index in [4.69, 9.17) is 9.84 Å². The molecule has 3 heteroatoms. The average molecular weight is 265 g/mol. The van der Waals surface area contributed by atoms with Crippen molar-refractivity contribution in [1.29, 1.82) is 0 Å². The molecular formula is C16H27NO2. The molecule has 108 valence electrons. The van der Waals surface area contributed by atoms with Crippen LogP contribution in [0.5, 0.6) is 0 Å². The molecule has 0 spiro atoms. The molecule has 0 aliphatic heterocycles. The van der Waals surface area contributed by atoms with Crippen LogP contribution in [0.25, 0.3) is 0 Å². The second-order valence-electron chi connectivity index (χ2n) is 4.77. The van der Waals surface area contributed by atoms with Gasteiger partial charge in [0.1, 0.15) is 0 Å². The summed E-state index contributed by atoms with van der Waals surface area (Å²) in [6.07, 6.45) is 5.36. The van der Waals surface area contributed by atoms with Crippen molar-refractivity contribution in [1.82, 2.24) is 5.32 Å². The topological polar surface area (TPSA) is 41.5 Å². The number of benzene rings is 1. The Hall–Kier alpha value is -0.900. The maximum absolute atomic E-state index is 8.63. The molecular weight excluding hydrogens is 238 g/mol. The molecule has 0 saturated carbocycles. The van der Waals surface area contributed by atoms with E-state index in [2.05, 4.69) is 29.6 Å². The molecule has 19 heavy (non-hydrogen) atoms. The Kier molecular flexibility index (Phi) is 10.3. The zero-order valence-corrected chi connectivity index (χ0v) is 11.8. The fraction of sp³-hybridized carbons (Fsp3) is 0.625. The molecule has 0 saturated heterocycles. The third kappa shape index (κ3) is 9.65. The number of rotatable bonds is 12. The van der Waals surface area contributed by atoms with Crippen LogP contribution in [0.2, 0.25) is 0 Å². The third-order valence-corrected chi connectivity index (χ3v) is 3.01. The number of aliphatic hydroxyl groups excluding tert-OH is 1. The number of nitrogens with one attached hydrogen (secondary N) is 1. The molecule has 0 aliphatic rings. The van der Waals surface area contributed by atoms with E-state index in [0.717, 1.165) is 58.4 Å². The van der Waals surface area contributed by atoms with Crippen LogP contribution in [0.3, 0.4) is 0 Å². The first kappa shape index (κ1) is 16.2. The van der Waals surface area contributed by atoms with Crippen LogP contribution in [-0.4, -0.2) is 31.5 Å². The van der Waals surface area contributed by atoms with Crippen molar-refractivity contribution in [2.24, 2.45) is 0 Å². The van der Waals surface area contributed by atoms with E-state index in [1.54, 1.807) is 0 Å². The van der Waals surface area contributed by atoms with E-state index in [1.165, 1.54) is 5.56 Å². The Balaban J connectivity index is 1.79. The number of unbranched alkanes of at least 4 members (excludes halogenated alkanes) is 3. The van der Waals surface area contributed by atoms with Crippen molar-refractivity contribution in [2.45, 2.75) is 38.6 Å². The molecule has 0 bridgehead atoms. The summed E-state index contributed by atoms with van der Waals surface area (Å²) in [5.41, 5.74) is 1.33. The van der Waals surface area contributed by atoms with E-state index in [9.17, 15) is 0 Å². The molecule has 0 radical (unpaired) electrons. The van der Waals surface area contributed by atoms with Crippen LogP contribution in [0.4, 0.5) is 0 Å². The summed E-state index contributed by atoms with van der Waals surface area (Å²) in [5.74, 6) is 0. The summed E-state index contributed by atoms with van der Waals surface area (Å²) in [6.45, 7) is 3.93. The van der Waals surface area contributed by atoms with Gasteiger partial charge in [-0.15, -0.1) is 0 Å². The molecule has 1 aromatic carbocycles. The summed E-state index contributed by atoms with van der Waals surface area (Å²) >= 11 is 0. The maximum Gasteiger partial charge on any atom is 0.0478 e. The lowest BCUT2D eigenvalue weighted by atomic mass is 10.2. The molecule has 1 aromatic rings. The number of aliphatic hydroxyl groups is 1. The van der Waals surface area contributed by atoms with E-state index in [-0.39, 0.29) is 0 Å². The molecule has 1 rings (SSSR count). The van der Waals surface area contributed by atoms with Crippen LogP contribution in [0, 0.1) is 0 Å². The van der Waals surface area contributed by atoms with Gasteiger partial charge in [-0.05, 0) is 31.4 Å². The van der Waals surface area contributed by atoms with Crippen molar-refractivity contribution in [3.8, 4) is 0 Å². The third-order valence-electron chi connectivity index (χ3n) is 3.01. The van der Waals surface area contributed by atoms with Crippen molar-refractivity contribution in [2.75, 3.05) is 26.4 Å². The van der Waals surface area contributed by atoms with Crippen LogP contribution in [-0.2, 0) is 11.3 Å². The van der Waals surface area contributed by atoms with Gasteiger partial charge in [0.05, 0.1) is 0 Å². The number of hydrogen-bond donors (Lipinski definition) is 2. The lowest BCUT2D eigenvalue weighted by Crippen LogP contribution is -2.16. The predicted molar refractivity (Wildman–Crippen MR) is 79.1 cm³/mol. The molecule has 0 unspecified atom stereocenters. The van der Waals surface area contributed by atoms with Crippen molar-refractivity contribution < 1.29 is 9.84 Å². The molecule has 0 aliphatic carbocycles. The minimum atomic E-state index is 0.313. The zero-order chi connectivity index (χ0) is 13.6. The predicted octanol–water partition coefficient (Wildman–Crippen LogP) is 2.74. The number of hydrogen-bond acceptors (Lipinski definition) is 3. The lowest BCUT2D eigenvalue weighted by Gasteiger charge is -2.06. The highest BCUT2D eigenvalue weighted by Gasteiger charge is 1.93. The minimum absolute atomic E-state index is 0.313. The van der Waals surface area contributed by atoms with Gasteiger partial charge in [0.25, 0.3) is 0 Å². The zero-order valence-electron chi connectivity index (χ0n) is 11.8. The molecule has 0 fully saturated rings. The van der Waals surface area contributed by atoms with Crippen LogP contribution >= 0.6 is 0 Å². The van der Waals surface area contributed by atoms with Gasteiger partial charge in [-0.25, -0.2) is 0 Å². The molecule has 2 N–H and O–H groups in total. The summed E-state index contributed by atoms with van der Waals surface area (Å²) in [5, 5.41) is 12.0. The Labute approximate surface area is 117 Å². The fourth-order valence-corrected chi connectivity index (χ4v) is 1.90. The van der Waals surface area contributed by atoms with Crippen LogP contribution in [0.1, 0.15) is 37.7 Å². The van der Waals surface area contributed by atoms with Crippen LogP contribution in [0.15, 0.2) is 30.3 Å². The average Bonchev–Trinajstić information content (AvgIpc) is 2.46. The second-order valence-corrected chi connectivity index (χ2v) is 4.77. The quantitative estimate of drug-likeness (QED) is 0.571. The Bertz CT molecular complexity index is 290. The van der Waals surface area contributed by atoms with Gasteiger partial charge in [-0.1, -0.05) is 43.2 Å². The van der Waals surface area contributed by atoms with Crippen molar-refractivity contribution >= 4 is 0 Å². The van der Waals surface area contributed by atoms with E-state index in [0.29, 0.717) is 6.61 Å². The monoisotopic (exact) mass is 265 g/mol. The Morgan fingerprint density at radius 2 is 1.63 bits per heavy atom. The summed E-state index contributed by atoms with van der Waals surface area (Å²) < 4.78 is 5.56. The van der Waals surface area contributed by atoms with E-state index < -0.39 is 0 Å². The van der Waals surface area contributed by atoms with Gasteiger partial charge >= 0.3 is 0 Å². The Morgan fingerprint density at radius 1 is 0.895 bits per heavy atom. The summed E-state index contributed by atoms with van der Waals surface area (Å²) in [4.78, 5) is 0. The van der Waals surface area contributed by atoms with Crippen molar-refractivity contribution in [3.05, 3.63) is 35.9 Å². The molecule has 0 amide bonds. The van der Waals surface area contributed by atoms with E-state index in [1.807, 2.05) is 6.07 Å². The first-order valence-corrected chi connectivity index (χ1v) is 7.36. The molecule has 0 heterocycles. The van der Waals surface area contributed by atoms with Crippen molar-refractivity contribution in [3.63, 3.8) is 0 Å². The van der Waals surface area contributed by atoms with Gasteiger partial charge in [0.2, 0.25) is 0 Å². The van der Waals surface area contributed by atoms with Gasteiger partial charge in [-0.2, -0.15) is 0 Å². The van der Waals surface area contributed by atoms with Gasteiger partial charge in [0, 0.05) is 26.4 Å². The van der Waals surface area contributed by atoms with Gasteiger partial charge < -0.3 is 15.2 Å². The Morgan fingerprint density at radius 3 is 2.42 bits per heavy atom. The first-order chi connectivity index (χ1) is 9.43. The SMILES string of the molecule is OCCCCCCOCCCNCc1ccccc1. The van der Waals surface area contributed by atoms with Gasteiger partial charge in [-0.3, -0.25) is 0 Å². The summed E-state index contributed by atoms with van der Waals surface area (Å²) in [6, 6.07) is 10.4. The molecule has 3 nitrogen and oxygen atoms in total. The lowest BCUT2D eigenvalue weighted by molar-refractivity contribution is 0.127. The molecule has 0 atom stereocenters. The molecule has 0 aromatic heterocycles. The largest absolute Gasteiger partial charge is 0.396 e. The fourth-order valence-electron chi connectivity index (χ4n) is 1.90. The van der Waals surface area contributed by atoms with Crippen LogP contribution < -0.4 is 5.32 Å². The normalized spacial score (nSPS) is 10.8. The highest BCUT2D eigenvalue weighted by molar-refractivity contribution is 5.14. The standard InChI is InChI=1S/C16H27NO2/c18-12-6-1-2-7-13-19-14-8-11-17-15-16-9-4-3-5-10-16/h3-5,9-10,17-18H,1-2,6-8,11-15H2. The smallest absolute Gasteiger partial charge is 0.0478 e. The second kappa shape index (κ2) is 12.2. The highest BCUT2D eigenvalue weighted by Crippen LogP contribution is 1.99. The first-order valence-electron chi connectivity index (χ1n) is 7.36. The van der Waals surface area contributed by atoms with E-state index >= 15 is 0 Å². The number of ether oxygens (including phenoxy) is 1. The minimum Gasteiger partial charge on any atom is -0.396 e. The highest BCUT2D eigenvalue weighted by atomic mass is 16.5.